The molecule has 0 amide bonds. The predicted octanol–water partition coefficient (Wildman–Crippen LogP) is 3.80. The van der Waals surface area contributed by atoms with Crippen LogP contribution in [0.1, 0.15) is 15.9 Å². The van der Waals surface area contributed by atoms with E-state index in [1.807, 2.05) is 24.3 Å². The fourth-order valence-electron chi connectivity index (χ4n) is 3.11. The standard InChI is InChI=1S/C19H16BrN3O4S2/c1-29(25,26)23-9-8-12-10-13(6-7-16(12)23)17(24)11-28-19-22-21-18(27-19)14-4-2-3-5-15(14)20/h2-7,10H,8-9,11H2,1H3. The number of thioether (sulfide) groups is 1. The SMILES string of the molecule is CS(=O)(=O)N1CCc2cc(C(=O)CSc3nnc(-c4ccccc4Br)o3)ccc21. The average Bonchev–Trinajstić information content (AvgIpc) is 3.32. The van der Waals surface area contributed by atoms with Gasteiger partial charge in [0.15, 0.2) is 5.78 Å². The van der Waals surface area contributed by atoms with Crippen LogP contribution in [0.4, 0.5) is 5.69 Å². The summed E-state index contributed by atoms with van der Waals surface area (Å²) in [6.45, 7) is 0.403. The molecule has 2 aromatic carbocycles. The van der Waals surface area contributed by atoms with Gasteiger partial charge in [-0.3, -0.25) is 9.10 Å². The van der Waals surface area contributed by atoms with E-state index >= 15 is 0 Å². The minimum absolute atomic E-state index is 0.0868. The second-order valence-electron chi connectivity index (χ2n) is 6.49. The van der Waals surface area contributed by atoms with Crippen molar-refractivity contribution >= 4 is 49.2 Å². The molecule has 0 bridgehead atoms. The molecule has 1 aromatic heterocycles. The number of hydrogen-bond donors (Lipinski definition) is 0. The maximum atomic E-state index is 12.6. The number of anilines is 1. The first-order valence-corrected chi connectivity index (χ1v) is 12.3. The molecule has 0 saturated carbocycles. The van der Waals surface area contributed by atoms with E-state index in [4.69, 9.17) is 4.42 Å². The van der Waals surface area contributed by atoms with Gasteiger partial charge in [-0.25, -0.2) is 8.42 Å². The number of benzene rings is 2. The molecule has 0 saturated heterocycles. The number of halogens is 1. The zero-order valence-corrected chi connectivity index (χ0v) is 18.6. The highest BCUT2D eigenvalue weighted by Gasteiger charge is 2.26. The van der Waals surface area contributed by atoms with Crippen molar-refractivity contribution in [1.29, 1.82) is 0 Å². The molecule has 3 aromatic rings. The highest BCUT2D eigenvalue weighted by atomic mass is 79.9. The van der Waals surface area contributed by atoms with E-state index in [-0.39, 0.29) is 11.5 Å². The Morgan fingerprint density at radius 3 is 2.79 bits per heavy atom. The summed E-state index contributed by atoms with van der Waals surface area (Å²) in [5.74, 6) is 0.439. The molecular weight excluding hydrogens is 478 g/mol. The molecule has 0 atom stereocenters. The zero-order valence-electron chi connectivity index (χ0n) is 15.3. The number of carbonyl (C=O) groups excluding carboxylic acids is 1. The summed E-state index contributed by atoms with van der Waals surface area (Å²) in [5, 5.41) is 8.34. The molecule has 0 aliphatic carbocycles. The maximum Gasteiger partial charge on any atom is 0.277 e. The van der Waals surface area contributed by atoms with Crippen molar-refractivity contribution in [2.75, 3.05) is 22.9 Å². The molecule has 1 aliphatic heterocycles. The second-order valence-corrected chi connectivity index (χ2v) is 10.2. The topological polar surface area (TPSA) is 93.4 Å². The Hall–Kier alpha value is -2.17. The molecule has 0 spiro atoms. The van der Waals surface area contributed by atoms with Crippen molar-refractivity contribution < 1.29 is 17.6 Å². The van der Waals surface area contributed by atoms with E-state index < -0.39 is 10.0 Å². The summed E-state index contributed by atoms with van der Waals surface area (Å²) in [6.07, 6.45) is 1.78. The molecule has 4 rings (SSSR count). The van der Waals surface area contributed by atoms with Gasteiger partial charge in [-0.1, -0.05) is 23.9 Å². The molecule has 150 valence electrons. The van der Waals surface area contributed by atoms with Crippen molar-refractivity contribution in [2.45, 2.75) is 11.6 Å². The first-order chi connectivity index (χ1) is 13.8. The number of Topliss-reactive ketones (excluding diaryl/α,β-unsaturated/α-hetero) is 1. The fraction of sp³-hybridized carbons (Fsp3) is 0.211. The van der Waals surface area contributed by atoms with E-state index in [9.17, 15) is 13.2 Å². The van der Waals surface area contributed by atoms with Gasteiger partial charge >= 0.3 is 0 Å². The Balaban J connectivity index is 1.44. The Bertz CT molecular complexity index is 1190. The summed E-state index contributed by atoms with van der Waals surface area (Å²) >= 11 is 4.62. The van der Waals surface area contributed by atoms with Crippen molar-refractivity contribution in [3.8, 4) is 11.5 Å². The molecule has 0 N–H and O–H groups in total. The lowest BCUT2D eigenvalue weighted by Crippen LogP contribution is -2.27. The summed E-state index contributed by atoms with van der Waals surface area (Å²) in [4.78, 5) is 12.6. The van der Waals surface area contributed by atoms with E-state index in [0.29, 0.717) is 35.3 Å². The predicted molar refractivity (Wildman–Crippen MR) is 115 cm³/mol. The number of fused-ring (bicyclic) bond motifs is 1. The molecule has 0 unspecified atom stereocenters. The number of aromatic nitrogens is 2. The van der Waals surface area contributed by atoms with Crippen LogP contribution in [0.5, 0.6) is 0 Å². The number of hydrogen-bond acceptors (Lipinski definition) is 7. The number of sulfonamides is 1. The van der Waals surface area contributed by atoms with Crippen molar-refractivity contribution in [3.05, 3.63) is 58.1 Å². The molecule has 0 radical (unpaired) electrons. The number of nitrogens with zero attached hydrogens (tertiary/aromatic N) is 3. The summed E-state index contributed by atoms with van der Waals surface area (Å²) in [7, 11) is -3.31. The normalized spacial score (nSPS) is 13.5. The van der Waals surface area contributed by atoms with Crippen LogP contribution < -0.4 is 4.31 Å². The molecule has 1 aliphatic rings. The first-order valence-electron chi connectivity index (χ1n) is 8.68. The second kappa shape index (κ2) is 7.92. The average molecular weight is 494 g/mol. The lowest BCUT2D eigenvalue weighted by atomic mass is 10.1. The highest BCUT2D eigenvalue weighted by molar-refractivity contribution is 9.10. The molecule has 29 heavy (non-hydrogen) atoms. The first kappa shape index (κ1) is 20.1. The summed E-state index contributed by atoms with van der Waals surface area (Å²) in [5.41, 5.74) is 2.83. The van der Waals surface area contributed by atoms with Crippen LogP contribution in [0, 0.1) is 0 Å². The van der Waals surface area contributed by atoms with Gasteiger partial charge in [0, 0.05) is 16.6 Å². The van der Waals surface area contributed by atoms with Gasteiger partial charge in [-0.2, -0.15) is 0 Å². The van der Waals surface area contributed by atoms with Crippen molar-refractivity contribution in [1.82, 2.24) is 10.2 Å². The van der Waals surface area contributed by atoms with Gasteiger partial charge in [0.05, 0.1) is 23.3 Å². The van der Waals surface area contributed by atoms with E-state index in [0.717, 1.165) is 15.6 Å². The van der Waals surface area contributed by atoms with Gasteiger partial charge < -0.3 is 4.42 Å². The molecule has 7 nitrogen and oxygen atoms in total. The van der Waals surface area contributed by atoms with Gasteiger partial charge in [0.25, 0.3) is 5.22 Å². The lowest BCUT2D eigenvalue weighted by molar-refractivity contribution is 0.102. The highest BCUT2D eigenvalue weighted by Crippen LogP contribution is 2.32. The summed E-state index contributed by atoms with van der Waals surface area (Å²) < 4.78 is 31.5. The van der Waals surface area contributed by atoms with E-state index in [2.05, 4.69) is 26.1 Å². The Morgan fingerprint density at radius 1 is 1.24 bits per heavy atom. The van der Waals surface area contributed by atoms with E-state index in [1.54, 1.807) is 18.2 Å². The Morgan fingerprint density at radius 2 is 2.03 bits per heavy atom. The minimum atomic E-state index is -3.31. The number of rotatable bonds is 6. The third kappa shape index (κ3) is 4.24. The summed E-state index contributed by atoms with van der Waals surface area (Å²) in [6, 6.07) is 12.6. The van der Waals surface area contributed by atoms with Crippen LogP contribution in [-0.2, 0) is 16.4 Å². The Labute approximate surface area is 180 Å². The van der Waals surface area contributed by atoms with Crippen LogP contribution in [0.3, 0.4) is 0 Å². The number of ketones is 1. The Kier molecular flexibility index (Phi) is 5.50. The third-order valence-corrected chi connectivity index (χ3v) is 7.18. The molecule has 0 fully saturated rings. The zero-order chi connectivity index (χ0) is 20.6. The third-order valence-electron chi connectivity index (χ3n) is 4.49. The maximum absolute atomic E-state index is 12.6. The molecule has 10 heteroatoms. The van der Waals surface area contributed by atoms with Gasteiger partial charge in [-0.05, 0) is 58.2 Å². The van der Waals surface area contributed by atoms with Gasteiger partial charge in [-0.15, -0.1) is 10.2 Å². The van der Waals surface area contributed by atoms with Gasteiger partial charge in [0.1, 0.15) is 0 Å². The molecule has 2 heterocycles. The van der Waals surface area contributed by atoms with Crippen molar-refractivity contribution in [2.24, 2.45) is 0 Å². The smallest absolute Gasteiger partial charge is 0.277 e. The monoisotopic (exact) mass is 493 g/mol. The molecular formula is C19H16BrN3O4S2. The van der Waals surface area contributed by atoms with Crippen LogP contribution in [-0.4, -0.2) is 43.0 Å². The van der Waals surface area contributed by atoms with Crippen LogP contribution in [0.25, 0.3) is 11.5 Å². The lowest BCUT2D eigenvalue weighted by Gasteiger charge is -2.16. The largest absolute Gasteiger partial charge is 0.411 e. The van der Waals surface area contributed by atoms with Crippen molar-refractivity contribution in [3.63, 3.8) is 0 Å². The van der Waals surface area contributed by atoms with Crippen LogP contribution in [0.15, 0.2) is 56.6 Å². The van der Waals surface area contributed by atoms with Crippen LogP contribution in [0.2, 0.25) is 0 Å². The fourth-order valence-corrected chi connectivity index (χ4v) is 5.18. The van der Waals surface area contributed by atoms with Crippen LogP contribution >= 0.6 is 27.7 Å². The number of carbonyl (C=O) groups is 1. The van der Waals surface area contributed by atoms with Gasteiger partial charge in [0.2, 0.25) is 15.9 Å². The minimum Gasteiger partial charge on any atom is -0.411 e. The van der Waals surface area contributed by atoms with E-state index in [1.165, 1.54) is 22.3 Å². The quantitative estimate of drug-likeness (QED) is 0.380.